The van der Waals surface area contributed by atoms with Crippen molar-refractivity contribution < 1.29 is 9.53 Å². The van der Waals surface area contributed by atoms with Gasteiger partial charge in [-0.15, -0.1) is 0 Å². The summed E-state index contributed by atoms with van der Waals surface area (Å²) in [5.74, 6) is 0.457. The van der Waals surface area contributed by atoms with Crippen molar-refractivity contribution in [3.05, 3.63) is 23.8 Å². The van der Waals surface area contributed by atoms with E-state index >= 15 is 0 Å². The van der Waals surface area contributed by atoms with Crippen LogP contribution in [0.4, 0.5) is 0 Å². The summed E-state index contributed by atoms with van der Waals surface area (Å²) in [6.45, 7) is 9.18. The number of hydrogen-bond acceptors (Lipinski definition) is 5. The van der Waals surface area contributed by atoms with Crippen molar-refractivity contribution in [1.29, 1.82) is 0 Å². The van der Waals surface area contributed by atoms with Gasteiger partial charge in [-0.2, -0.15) is 0 Å². The van der Waals surface area contributed by atoms with E-state index in [0.717, 1.165) is 19.6 Å². The van der Waals surface area contributed by atoms with Crippen LogP contribution < -0.4 is 5.32 Å². The summed E-state index contributed by atoms with van der Waals surface area (Å²) >= 11 is 0. The second-order valence-corrected chi connectivity index (χ2v) is 5.26. The minimum atomic E-state index is -0.148. The van der Waals surface area contributed by atoms with Gasteiger partial charge in [0.1, 0.15) is 11.5 Å². The molecule has 1 saturated heterocycles. The Balaban J connectivity index is 1.77. The normalized spacial score (nSPS) is 23.6. The smallest absolute Gasteiger partial charge is 0.270 e. The molecule has 1 fully saturated rings. The van der Waals surface area contributed by atoms with Gasteiger partial charge in [0.15, 0.2) is 0 Å². The van der Waals surface area contributed by atoms with E-state index in [0.29, 0.717) is 18.1 Å². The molecule has 1 aromatic heterocycles. The van der Waals surface area contributed by atoms with Gasteiger partial charge in [0.2, 0.25) is 0 Å². The summed E-state index contributed by atoms with van der Waals surface area (Å²) in [7, 11) is 0. The molecule has 0 spiro atoms. The third-order valence-corrected chi connectivity index (χ3v) is 3.22. The van der Waals surface area contributed by atoms with Gasteiger partial charge in [0, 0.05) is 32.4 Å². The Morgan fingerprint density at radius 3 is 2.80 bits per heavy atom. The lowest BCUT2D eigenvalue weighted by atomic mass is 10.2. The fourth-order valence-electron chi connectivity index (χ4n) is 2.47. The zero-order chi connectivity index (χ0) is 14.5. The molecule has 0 bridgehead atoms. The van der Waals surface area contributed by atoms with Gasteiger partial charge in [0.05, 0.1) is 12.2 Å². The molecule has 1 aliphatic heterocycles. The maximum absolute atomic E-state index is 11.9. The zero-order valence-electron chi connectivity index (χ0n) is 12.3. The summed E-state index contributed by atoms with van der Waals surface area (Å²) in [5, 5.41) is 2.89. The third-order valence-electron chi connectivity index (χ3n) is 3.22. The van der Waals surface area contributed by atoms with Crippen LogP contribution in [0.15, 0.2) is 12.3 Å². The molecule has 6 heteroatoms. The van der Waals surface area contributed by atoms with Crippen molar-refractivity contribution in [2.24, 2.45) is 0 Å². The number of ether oxygens (including phenoxy) is 1. The largest absolute Gasteiger partial charge is 0.373 e. The molecule has 0 saturated carbocycles. The molecule has 1 aliphatic rings. The monoisotopic (exact) mass is 278 g/mol. The molecule has 6 nitrogen and oxygen atoms in total. The van der Waals surface area contributed by atoms with Crippen LogP contribution in [-0.4, -0.2) is 59.2 Å². The van der Waals surface area contributed by atoms with Crippen molar-refractivity contribution in [1.82, 2.24) is 20.2 Å². The first kappa shape index (κ1) is 14.9. The molecule has 0 unspecified atom stereocenters. The maximum Gasteiger partial charge on any atom is 0.270 e. The van der Waals surface area contributed by atoms with Crippen LogP contribution in [0.3, 0.4) is 0 Å². The van der Waals surface area contributed by atoms with Gasteiger partial charge >= 0.3 is 0 Å². The van der Waals surface area contributed by atoms with E-state index in [-0.39, 0.29) is 18.1 Å². The summed E-state index contributed by atoms with van der Waals surface area (Å²) in [6.07, 6.45) is 2.10. The molecule has 0 radical (unpaired) electrons. The average Bonchev–Trinajstić information content (AvgIpc) is 2.37. The first-order valence-corrected chi connectivity index (χ1v) is 7.00. The molecule has 1 aromatic rings. The topological polar surface area (TPSA) is 67.4 Å². The molecular formula is C14H22N4O2. The van der Waals surface area contributed by atoms with Crippen molar-refractivity contribution in [2.45, 2.75) is 33.0 Å². The van der Waals surface area contributed by atoms with Gasteiger partial charge < -0.3 is 10.1 Å². The van der Waals surface area contributed by atoms with Crippen LogP contribution in [0.1, 0.15) is 30.2 Å². The highest BCUT2D eigenvalue weighted by molar-refractivity contribution is 5.92. The zero-order valence-corrected chi connectivity index (χ0v) is 12.3. The number of aryl methyl sites for hydroxylation is 1. The predicted octanol–water partition coefficient (Wildman–Crippen LogP) is 0.624. The molecule has 1 N–H and O–H groups in total. The summed E-state index contributed by atoms with van der Waals surface area (Å²) in [6, 6.07) is 1.63. The Morgan fingerprint density at radius 1 is 1.45 bits per heavy atom. The van der Waals surface area contributed by atoms with E-state index in [1.54, 1.807) is 19.2 Å². The lowest BCUT2D eigenvalue weighted by Gasteiger charge is -2.35. The number of carbonyl (C=O) groups excluding carboxylic acids is 1. The molecule has 20 heavy (non-hydrogen) atoms. The third kappa shape index (κ3) is 4.25. The highest BCUT2D eigenvalue weighted by Gasteiger charge is 2.21. The fraction of sp³-hybridized carbons (Fsp3) is 0.643. The number of morpholine rings is 1. The molecule has 2 heterocycles. The molecule has 2 atom stereocenters. The summed E-state index contributed by atoms with van der Waals surface area (Å²) < 4.78 is 5.68. The minimum Gasteiger partial charge on any atom is -0.373 e. The standard InChI is InChI=1S/C14H22N4O2/c1-10-8-18(9-11(2)20-10)7-6-16-14(19)13-4-5-15-12(3)17-13/h4-5,10-11H,6-9H2,1-3H3,(H,16,19)/t10-,11+. The number of nitrogens with one attached hydrogen (secondary N) is 1. The Labute approximate surface area is 119 Å². The van der Waals surface area contributed by atoms with Gasteiger partial charge in [-0.1, -0.05) is 0 Å². The molecule has 110 valence electrons. The van der Waals surface area contributed by atoms with E-state index in [2.05, 4.69) is 34.0 Å². The molecular weight excluding hydrogens is 256 g/mol. The van der Waals surface area contributed by atoms with Crippen LogP contribution in [0.2, 0.25) is 0 Å². The summed E-state index contributed by atoms with van der Waals surface area (Å²) in [5.41, 5.74) is 0.418. The number of aromatic nitrogens is 2. The quantitative estimate of drug-likeness (QED) is 0.874. The van der Waals surface area contributed by atoms with E-state index in [9.17, 15) is 4.79 Å². The van der Waals surface area contributed by atoms with Gasteiger partial charge in [-0.05, 0) is 26.8 Å². The average molecular weight is 278 g/mol. The van der Waals surface area contributed by atoms with E-state index in [1.807, 2.05) is 0 Å². The lowest BCUT2D eigenvalue weighted by molar-refractivity contribution is -0.0672. The highest BCUT2D eigenvalue weighted by Crippen LogP contribution is 2.09. The Kier molecular flexibility index (Phi) is 5.03. The fourth-order valence-corrected chi connectivity index (χ4v) is 2.47. The van der Waals surface area contributed by atoms with Gasteiger partial charge in [0.25, 0.3) is 5.91 Å². The Hall–Kier alpha value is -1.53. The van der Waals surface area contributed by atoms with E-state index < -0.39 is 0 Å². The lowest BCUT2D eigenvalue weighted by Crippen LogP contribution is -2.47. The first-order chi connectivity index (χ1) is 9.54. The molecule has 0 aliphatic carbocycles. The molecule has 1 amide bonds. The number of carbonyl (C=O) groups is 1. The minimum absolute atomic E-state index is 0.148. The van der Waals surface area contributed by atoms with Crippen LogP contribution in [-0.2, 0) is 4.74 Å². The first-order valence-electron chi connectivity index (χ1n) is 7.00. The van der Waals surface area contributed by atoms with Crippen LogP contribution >= 0.6 is 0 Å². The van der Waals surface area contributed by atoms with Crippen molar-refractivity contribution >= 4 is 5.91 Å². The van der Waals surface area contributed by atoms with Crippen LogP contribution in [0, 0.1) is 6.92 Å². The van der Waals surface area contributed by atoms with Crippen molar-refractivity contribution in [3.8, 4) is 0 Å². The van der Waals surface area contributed by atoms with Gasteiger partial charge in [-0.3, -0.25) is 9.69 Å². The summed E-state index contributed by atoms with van der Waals surface area (Å²) in [4.78, 5) is 22.3. The van der Waals surface area contributed by atoms with E-state index in [1.165, 1.54) is 0 Å². The van der Waals surface area contributed by atoms with Crippen LogP contribution in [0.5, 0.6) is 0 Å². The molecule has 2 rings (SSSR count). The SMILES string of the molecule is Cc1nccc(C(=O)NCCN2C[C@@H](C)O[C@@H](C)C2)n1. The number of amides is 1. The Morgan fingerprint density at radius 2 is 2.15 bits per heavy atom. The second kappa shape index (κ2) is 6.76. The number of nitrogens with zero attached hydrogens (tertiary/aromatic N) is 3. The van der Waals surface area contributed by atoms with E-state index in [4.69, 9.17) is 4.74 Å². The maximum atomic E-state index is 11.9. The van der Waals surface area contributed by atoms with Crippen molar-refractivity contribution in [3.63, 3.8) is 0 Å². The number of rotatable bonds is 4. The number of hydrogen-bond donors (Lipinski definition) is 1. The molecule has 0 aromatic carbocycles. The van der Waals surface area contributed by atoms with Gasteiger partial charge in [-0.25, -0.2) is 9.97 Å². The Bertz CT molecular complexity index is 456. The predicted molar refractivity (Wildman–Crippen MR) is 75.6 cm³/mol. The highest BCUT2D eigenvalue weighted by atomic mass is 16.5. The van der Waals surface area contributed by atoms with Crippen molar-refractivity contribution in [2.75, 3.05) is 26.2 Å². The van der Waals surface area contributed by atoms with Crippen LogP contribution in [0.25, 0.3) is 0 Å². The second-order valence-electron chi connectivity index (χ2n) is 5.26.